The molecule has 0 atom stereocenters. The van der Waals surface area contributed by atoms with Crippen LogP contribution in [0.15, 0.2) is 18.2 Å². The monoisotopic (exact) mass is 220 g/mol. The van der Waals surface area contributed by atoms with Gasteiger partial charge in [-0.15, -0.1) is 0 Å². The summed E-state index contributed by atoms with van der Waals surface area (Å²) in [5.41, 5.74) is 9.83. The molecule has 0 fully saturated rings. The molecule has 0 spiro atoms. The minimum absolute atomic E-state index is 0.425. The third-order valence-electron chi connectivity index (χ3n) is 2.50. The van der Waals surface area contributed by atoms with Crippen molar-refractivity contribution in [2.75, 3.05) is 0 Å². The maximum absolute atomic E-state index is 6.02. The van der Waals surface area contributed by atoms with Crippen LogP contribution in [0.1, 0.15) is 16.7 Å². The highest BCUT2D eigenvalue weighted by molar-refractivity contribution is 6.30. The summed E-state index contributed by atoms with van der Waals surface area (Å²) in [7, 11) is 0. The maximum atomic E-state index is 6.02. The van der Waals surface area contributed by atoms with Gasteiger partial charge in [0.1, 0.15) is 5.15 Å². The predicted molar refractivity (Wildman–Crippen MR) is 64.1 cm³/mol. The van der Waals surface area contributed by atoms with Crippen molar-refractivity contribution in [3.05, 3.63) is 40.0 Å². The number of hydrogen-bond donors (Lipinski definition) is 1. The largest absolute Gasteiger partial charge is 0.326 e. The Kier molecular flexibility index (Phi) is 2.63. The molecule has 0 aliphatic heterocycles. The third-order valence-corrected chi connectivity index (χ3v) is 2.83. The molecular formula is C12H13ClN2. The molecule has 0 amide bonds. The molecule has 2 nitrogen and oxygen atoms in total. The topological polar surface area (TPSA) is 38.9 Å². The Morgan fingerprint density at radius 2 is 2.00 bits per heavy atom. The van der Waals surface area contributed by atoms with E-state index in [1.54, 1.807) is 0 Å². The summed E-state index contributed by atoms with van der Waals surface area (Å²) < 4.78 is 0. The fraction of sp³-hybridized carbons (Fsp3) is 0.250. The zero-order chi connectivity index (χ0) is 11.0. The van der Waals surface area contributed by atoms with E-state index < -0.39 is 0 Å². The average Bonchev–Trinajstić information content (AvgIpc) is 2.18. The Hall–Kier alpha value is -1.12. The normalized spacial score (nSPS) is 10.9. The SMILES string of the molecule is Cc1cc(C)c2nc(Cl)c(CN)cc2c1. The molecule has 1 aromatic carbocycles. The van der Waals surface area contributed by atoms with Crippen molar-refractivity contribution in [1.82, 2.24) is 4.98 Å². The summed E-state index contributed by atoms with van der Waals surface area (Å²) in [4.78, 5) is 4.37. The Morgan fingerprint density at radius 1 is 1.27 bits per heavy atom. The van der Waals surface area contributed by atoms with Gasteiger partial charge in [-0.05, 0) is 31.5 Å². The van der Waals surface area contributed by atoms with E-state index in [0.717, 1.165) is 22.0 Å². The summed E-state index contributed by atoms with van der Waals surface area (Å²) in [6.07, 6.45) is 0. The molecule has 0 aliphatic carbocycles. The van der Waals surface area contributed by atoms with Gasteiger partial charge in [-0.3, -0.25) is 0 Å². The molecule has 2 N–H and O–H groups in total. The number of pyridine rings is 1. The van der Waals surface area contributed by atoms with E-state index in [1.165, 1.54) is 5.56 Å². The van der Waals surface area contributed by atoms with Crippen LogP contribution >= 0.6 is 11.6 Å². The smallest absolute Gasteiger partial charge is 0.134 e. The van der Waals surface area contributed by atoms with E-state index in [1.807, 2.05) is 13.0 Å². The standard InChI is InChI=1S/C12H13ClN2/c1-7-3-8(2)11-9(4-7)5-10(6-14)12(13)15-11/h3-5H,6,14H2,1-2H3. The molecule has 0 saturated heterocycles. The molecule has 0 unspecified atom stereocenters. The van der Waals surface area contributed by atoms with Crippen molar-refractivity contribution in [3.63, 3.8) is 0 Å². The Labute approximate surface area is 94.1 Å². The molecular weight excluding hydrogens is 208 g/mol. The fourth-order valence-corrected chi connectivity index (χ4v) is 2.03. The molecule has 1 heterocycles. The number of hydrogen-bond acceptors (Lipinski definition) is 2. The lowest BCUT2D eigenvalue weighted by Crippen LogP contribution is -1.99. The summed E-state index contributed by atoms with van der Waals surface area (Å²) in [5.74, 6) is 0. The molecule has 0 radical (unpaired) electrons. The zero-order valence-electron chi connectivity index (χ0n) is 8.84. The van der Waals surface area contributed by atoms with Crippen LogP contribution in [0, 0.1) is 13.8 Å². The minimum atomic E-state index is 0.425. The zero-order valence-corrected chi connectivity index (χ0v) is 9.60. The van der Waals surface area contributed by atoms with Crippen LogP contribution in [0.5, 0.6) is 0 Å². The van der Waals surface area contributed by atoms with E-state index >= 15 is 0 Å². The number of aryl methyl sites for hydroxylation is 2. The second-order valence-corrected chi connectivity index (χ2v) is 4.15. The number of benzene rings is 1. The highest BCUT2D eigenvalue weighted by Crippen LogP contribution is 2.23. The molecule has 0 bridgehead atoms. The van der Waals surface area contributed by atoms with Crippen molar-refractivity contribution >= 4 is 22.5 Å². The lowest BCUT2D eigenvalue weighted by atomic mass is 10.1. The van der Waals surface area contributed by atoms with E-state index in [2.05, 4.69) is 24.0 Å². The van der Waals surface area contributed by atoms with Crippen LogP contribution in [0.3, 0.4) is 0 Å². The molecule has 0 saturated carbocycles. The van der Waals surface area contributed by atoms with E-state index in [9.17, 15) is 0 Å². The van der Waals surface area contributed by atoms with Gasteiger partial charge in [0.15, 0.2) is 0 Å². The highest BCUT2D eigenvalue weighted by Gasteiger charge is 2.05. The lowest BCUT2D eigenvalue weighted by molar-refractivity contribution is 1.06. The molecule has 3 heteroatoms. The van der Waals surface area contributed by atoms with Crippen molar-refractivity contribution in [2.45, 2.75) is 20.4 Å². The van der Waals surface area contributed by atoms with Crippen LogP contribution in [0.2, 0.25) is 5.15 Å². The van der Waals surface area contributed by atoms with Gasteiger partial charge < -0.3 is 5.73 Å². The van der Waals surface area contributed by atoms with Crippen LogP contribution in [0.4, 0.5) is 0 Å². The minimum Gasteiger partial charge on any atom is -0.326 e. The summed E-state index contributed by atoms with van der Waals surface area (Å²) in [6.45, 7) is 4.54. The molecule has 2 rings (SSSR count). The average molecular weight is 221 g/mol. The first-order valence-electron chi connectivity index (χ1n) is 4.88. The molecule has 15 heavy (non-hydrogen) atoms. The highest BCUT2D eigenvalue weighted by atomic mass is 35.5. The van der Waals surface area contributed by atoms with Gasteiger partial charge in [-0.1, -0.05) is 23.2 Å². The lowest BCUT2D eigenvalue weighted by Gasteiger charge is -2.07. The summed E-state index contributed by atoms with van der Waals surface area (Å²) in [5, 5.41) is 1.62. The number of fused-ring (bicyclic) bond motifs is 1. The number of nitrogens with two attached hydrogens (primary N) is 1. The van der Waals surface area contributed by atoms with Gasteiger partial charge in [0.05, 0.1) is 5.52 Å². The molecule has 1 aromatic heterocycles. The Morgan fingerprint density at radius 3 is 2.67 bits per heavy atom. The third kappa shape index (κ3) is 1.83. The van der Waals surface area contributed by atoms with E-state index in [-0.39, 0.29) is 0 Å². The van der Waals surface area contributed by atoms with Crippen LogP contribution in [-0.2, 0) is 6.54 Å². The number of halogens is 1. The van der Waals surface area contributed by atoms with E-state index in [0.29, 0.717) is 11.7 Å². The van der Waals surface area contributed by atoms with Gasteiger partial charge in [-0.2, -0.15) is 0 Å². The van der Waals surface area contributed by atoms with Crippen molar-refractivity contribution in [3.8, 4) is 0 Å². The number of aromatic nitrogens is 1. The predicted octanol–water partition coefficient (Wildman–Crippen LogP) is 2.96. The van der Waals surface area contributed by atoms with Gasteiger partial charge >= 0.3 is 0 Å². The van der Waals surface area contributed by atoms with Gasteiger partial charge in [-0.25, -0.2) is 4.98 Å². The van der Waals surface area contributed by atoms with Crippen molar-refractivity contribution in [1.29, 1.82) is 0 Å². The fourth-order valence-electron chi connectivity index (χ4n) is 1.82. The van der Waals surface area contributed by atoms with Gasteiger partial charge in [0.2, 0.25) is 0 Å². The maximum Gasteiger partial charge on any atom is 0.134 e. The van der Waals surface area contributed by atoms with Gasteiger partial charge in [0, 0.05) is 17.5 Å². The summed E-state index contributed by atoms with van der Waals surface area (Å²) >= 11 is 6.02. The molecule has 78 valence electrons. The van der Waals surface area contributed by atoms with Crippen molar-refractivity contribution in [2.24, 2.45) is 5.73 Å². The second kappa shape index (κ2) is 3.80. The number of rotatable bonds is 1. The first-order valence-corrected chi connectivity index (χ1v) is 5.26. The van der Waals surface area contributed by atoms with Crippen molar-refractivity contribution < 1.29 is 0 Å². The second-order valence-electron chi connectivity index (χ2n) is 3.80. The van der Waals surface area contributed by atoms with E-state index in [4.69, 9.17) is 17.3 Å². The molecule has 0 aliphatic rings. The first-order chi connectivity index (χ1) is 7.11. The quantitative estimate of drug-likeness (QED) is 0.751. The van der Waals surface area contributed by atoms with Gasteiger partial charge in [0.25, 0.3) is 0 Å². The van der Waals surface area contributed by atoms with Crippen LogP contribution in [0.25, 0.3) is 10.9 Å². The number of nitrogens with zero attached hydrogens (tertiary/aromatic N) is 1. The Balaban J connectivity index is 2.81. The van der Waals surface area contributed by atoms with Crippen LogP contribution in [-0.4, -0.2) is 4.98 Å². The summed E-state index contributed by atoms with van der Waals surface area (Å²) in [6, 6.07) is 6.23. The molecule has 2 aromatic rings. The van der Waals surface area contributed by atoms with Crippen LogP contribution < -0.4 is 5.73 Å². The Bertz CT molecular complexity index is 521. The first kappa shape index (κ1) is 10.4.